The first kappa shape index (κ1) is 14.0. The van der Waals surface area contributed by atoms with E-state index in [1.807, 2.05) is 0 Å². The molecule has 0 aromatic heterocycles. The lowest BCUT2D eigenvalue weighted by Gasteiger charge is -2.27. The maximum atomic E-state index is 8.67. The molecule has 1 aliphatic rings. The normalized spacial score (nSPS) is 30.0. The lowest BCUT2D eigenvalue weighted by molar-refractivity contribution is 0.216. The zero-order valence-electron chi connectivity index (χ0n) is 6.54. The Morgan fingerprint density at radius 2 is 1.91 bits per heavy atom. The van der Waals surface area contributed by atoms with E-state index in [1.165, 1.54) is 0 Å². The molecule has 3 N–H and O–H groups in total. The number of rotatable bonds is 1. The van der Waals surface area contributed by atoms with Crippen LogP contribution in [-0.2, 0) is 0 Å². The standard InChI is InChI=1S/C6H14N2O.2ClH/c1-5-2-8-6(4-9)3-7-5;;/h5-9H,2-4H2,1H3;2*1H/t5-,6+;;/m1../s1. The van der Waals surface area contributed by atoms with Crippen molar-refractivity contribution in [3.05, 3.63) is 0 Å². The molecular weight excluding hydrogens is 187 g/mol. The fourth-order valence-electron chi connectivity index (χ4n) is 0.960. The first-order valence-corrected chi connectivity index (χ1v) is 3.40. The van der Waals surface area contributed by atoms with Crippen LogP contribution in [-0.4, -0.2) is 36.9 Å². The molecule has 1 fully saturated rings. The molecule has 0 aromatic carbocycles. The first-order chi connectivity index (χ1) is 4.33. The Morgan fingerprint density at radius 1 is 1.27 bits per heavy atom. The molecule has 5 heteroatoms. The Morgan fingerprint density at radius 3 is 2.27 bits per heavy atom. The highest BCUT2D eigenvalue weighted by atomic mass is 35.5. The zero-order valence-corrected chi connectivity index (χ0v) is 8.17. The van der Waals surface area contributed by atoms with Crippen LogP contribution < -0.4 is 10.6 Å². The van der Waals surface area contributed by atoms with Gasteiger partial charge in [-0.1, -0.05) is 0 Å². The van der Waals surface area contributed by atoms with Crippen molar-refractivity contribution in [1.29, 1.82) is 0 Å². The minimum atomic E-state index is 0. The highest BCUT2D eigenvalue weighted by Crippen LogP contribution is 1.90. The Kier molecular flexibility index (Phi) is 9.08. The SMILES string of the molecule is C[C@@H]1CN[C@H](CO)CN1.Cl.Cl. The molecule has 1 aliphatic heterocycles. The topological polar surface area (TPSA) is 44.3 Å². The number of hydrogen-bond acceptors (Lipinski definition) is 3. The van der Waals surface area contributed by atoms with E-state index < -0.39 is 0 Å². The molecule has 0 spiro atoms. The zero-order chi connectivity index (χ0) is 6.69. The molecule has 0 unspecified atom stereocenters. The van der Waals surface area contributed by atoms with Crippen molar-refractivity contribution in [2.75, 3.05) is 19.7 Å². The number of aliphatic hydroxyl groups excluding tert-OH is 1. The second-order valence-corrected chi connectivity index (χ2v) is 2.60. The molecule has 3 nitrogen and oxygen atoms in total. The van der Waals surface area contributed by atoms with E-state index >= 15 is 0 Å². The molecule has 0 aromatic rings. The van der Waals surface area contributed by atoms with Gasteiger partial charge in [0.05, 0.1) is 6.61 Å². The molecule has 1 saturated heterocycles. The molecule has 0 saturated carbocycles. The Hall–Kier alpha value is 0.460. The summed E-state index contributed by atoms with van der Waals surface area (Å²) in [6.45, 7) is 4.21. The predicted molar refractivity (Wildman–Crippen MR) is 50.8 cm³/mol. The third-order valence-corrected chi connectivity index (χ3v) is 1.65. The van der Waals surface area contributed by atoms with Gasteiger partial charge >= 0.3 is 0 Å². The lowest BCUT2D eigenvalue weighted by Crippen LogP contribution is -2.54. The summed E-state index contributed by atoms with van der Waals surface area (Å²) < 4.78 is 0. The van der Waals surface area contributed by atoms with Crippen LogP contribution in [0.4, 0.5) is 0 Å². The van der Waals surface area contributed by atoms with Gasteiger partial charge in [-0.05, 0) is 6.92 Å². The molecule has 11 heavy (non-hydrogen) atoms. The smallest absolute Gasteiger partial charge is 0.0597 e. The van der Waals surface area contributed by atoms with E-state index in [0.717, 1.165) is 13.1 Å². The molecular formula is C6H16Cl2N2O. The van der Waals surface area contributed by atoms with Crippen LogP contribution >= 0.6 is 24.8 Å². The minimum Gasteiger partial charge on any atom is -0.395 e. The number of halogens is 2. The summed E-state index contributed by atoms with van der Waals surface area (Å²) in [5.74, 6) is 0. The van der Waals surface area contributed by atoms with Gasteiger partial charge in [0, 0.05) is 25.2 Å². The number of nitrogens with one attached hydrogen (secondary N) is 2. The average molecular weight is 203 g/mol. The van der Waals surface area contributed by atoms with E-state index in [0.29, 0.717) is 6.04 Å². The van der Waals surface area contributed by atoms with E-state index in [1.54, 1.807) is 0 Å². The van der Waals surface area contributed by atoms with E-state index in [-0.39, 0.29) is 37.5 Å². The van der Waals surface area contributed by atoms with Crippen molar-refractivity contribution in [3.8, 4) is 0 Å². The van der Waals surface area contributed by atoms with Gasteiger partial charge in [0.15, 0.2) is 0 Å². The molecule has 0 radical (unpaired) electrons. The van der Waals surface area contributed by atoms with Gasteiger partial charge in [0.25, 0.3) is 0 Å². The summed E-state index contributed by atoms with van der Waals surface area (Å²) in [4.78, 5) is 0. The summed E-state index contributed by atoms with van der Waals surface area (Å²) in [5, 5.41) is 15.1. The van der Waals surface area contributed by atoms with Crippen LogP contribution in [0.5, 0.6) is 0 Å². The van der Waals surface area contributed by atoms with Gasteiger partial charge in [0.1, 0.15) is 0 Å². The summed E-state index contributed by atoms with van der Waals surface area (Å²) in [5.41, 5.74) is 0. The first-order valence-electron chi connectivity index (χ1n) is 3.40. The van der Waals surface area contributed by atoms with E-state index in [9.17, 15) is 0 Å². The number of aliphatic hydroxyl groups is 1. The lowest BCUT2D eigenvalue weighted by atomic mass is 10.2. The second kappa shape index (κ2) is 7.13. The minimum absolute atomic E-state index is 0. The maximum Gasteiger partial charge on any atom is 0.0597 e. The third kappa shape index (κ3) is 4.82. The molecule has 0 aliphatic carbocycles. The highest BCUT2D eigenvalue weighted by Gasteiger charge is 2.14. The molecule has 2 atom stereocenters. The summed E-state index contributed by atoms with van der Waals surface area (Å²) in [7, 11) is 0. The van der Waals surface area contributed by atoms with Crippen LogP contribution in [0.25, 0.3) is 0 Å². The third-order valence-electron chi connectivity index (χ3n) is 1.65. The fraction of sp³-hybridized carbons (Fsp3) is 1.00. The van der Waals surface area contributed by atoms with Crippen LogP contribution in [0, 0.1) is 0 Å². The summed E-state index contributed by atoms with van der Waals surface area (Å²) in [6, 6.07) is 0.814. The van der Waals surface area contributed by atoms with Gasteiger partial charge < -0.3 is 15.7 Å². The predicted octanol–water partition coefficient (Wildman–Crippen LogP) is -0.228. The molecule has 1 heterocycles. The maximum absolute atomic E-state index is 8.67. The Balaban J connectivity index is 0. The number of piperazine rings is 1. The monoisotopic (exact) mass is 202 g/mol. The van der Waals surface area contributed by atoms with Gasteiger partial charge in [-0.15, -0.1) is 24.8 Å². The Labute approximate surface area is 79.8 Å². The highest BCUT2D eigenvalue weighted by molar-refractivity contribution is 5.85. The van der Waals surface area contributed by atoms with Crippen LogP contribution in [0.15, 0.2) is 0 Å². The van der Waals surface area contributed by atoms with Crippen molar-refractivity contribution >= 4 is 24.8 Å². The summed E-state index contributed by atoms with van der Waals surface area (Å²) in [6.07, 6.45) is 0. The fourth-order valence-corrected chi connectivity index (χ4v) is 0.960. The van der Waals surface area contributed by atoms with Gasteiger partial charge in [0.2, 0.25) is 0 Å². The van der Waals surface area contributed by atoms with Crippen LogP contribution in [0.1, 0.15) is 6.92 Å². The molecule has 1 rings (SSSR count). The van der Waals surface area contributed by atoms with Crippen molar-refractivity contribution in [2.24, 2.45) is 0 Å². The van der Waals surface area contributed by atoms with Gasteiger partial charge in [-0.2, -0.15) is 0 Å². The molecule has 0 bridgehead atoms. The van der Waals surface area contributed by atoms with E-state index in [4.69, 9.17) is 5.11 Å². The van der Waals surface area contributed by atoms with Crippen molar-refractivity contribution < 1.29 is 5.11 Å². The van der Waals surface area contributed by atoms with Gasteiger partial charge in [-0.25, -0.2) is 0 Å². The summed E-state index contributed by atoms with van der Waals surface area (Å²) >= 11 is 0. The van der Waals surface area contributed by atoms with E-state index in [2.05, 4.69) is 17.6 Å². The number of hydrogen-bond donors (Lipinski definition) is 3. The van der Waals surface area contributed by atoms with Gasteiger partial charge in [-0.3, -0.25) is 0 Å². The largest absolute Gasteiger partial charge is 0.395 e. The average Bonchev–Trinajstić information content (AvgIpc) is 1.90. The Bertz CT molecular complexity index is 86.7. The van der Waals surface area contributed by atoms with Crippen molar-refractivity contribution in [1.82, 2.24) is 10.6 Å². The molecule has 0 amide bonds. The van der Waals surface area contributed by atoms with Crippen LogP contribution in [0.2, 0.25) is 0 Å². The van der Waals surface area contributed by atoms with Crippen molar-refractivity contribution in [3.63, 3.8) is 0 Å². The quantitative estimate of drug-likeness (QED) is 0.551. The molecule has 70 valence electrons. The van der Waals surface area contributed by atoms with Crippen molar-refractivity contribution in [2.45, 2.75) is 19.0 Å². The van der Waals surface area contributed by atoms with Crippen LogP contribution in [0.3, 0.4) is 0 Å². The second-order valence-electron chi connectivity index (χ2n) is 2.60.